The second-order valence-electron chi connectivity index (χ2n) is 5.72. The van der Waals surface area contributed by atoms with Crippen molar-refractivity contribution in [3.8, 4) is 17.2 Å². The molecule has 0 aliphatic carbocycles. The van der Waals surface area contributed by atoms with Gasteiger partial charge in [0.05, 0.1) is 13.7 Å². The maximum absolute atomic E-state index is 10.5. The van der Waals surface area contributed by atoms with E-state index in [0.717, 1.165) is 5.56 Å². The lowest BCUT2D eigenvalue weighted by molar-refractivity contribution is 0.0450. The Morgan fingerprint density at radius 3 is 2.52 bits per heavy atom. The number of phenols is 1. The van der Waals surface area contributed by atoms with Crippen LogP contribution in [-0.4, -0.2) is 28.5 Å². The van der Waals surface area contributed by atoms with Gasteiger partial charge >= 0.3 is 0 Å². The molecule has 0 aliphatic rings. The summed E-state index contributed by atoms with van der Waals surface area (Å²) in [4.78, 5) is 0. The summed E-state index contributed by atoms with van der Waals surface area (Å²) in [6.45, 7) is 3.38. The summed E-state index contributed by atoms with van der Waals surface area (Å²) >= 11 is 0. The van der Waals surface area contributed by atoms with Crippen LogP contribution in [0.3, 0.4) is 0 Å². The van der Waals surface area contributed by atoms with E-state index in [0.29, 0.717) is 22.6 Å². The van der Waals surface area contributed by atoms with E-state index in [4.69, 9.17) is 9.47 Å². The van der Waals surface area contributed by atoms with Crippen molar-refractivity contribution in [1.29, 1.82) is 0 Å². The Hall–Kier alpha value is -2.50. The number of hydrogen-bond acceptors (Lipinski definition) is 5. The highest BCUT2D eigenvalue weighted by Crippen LogP contribution is 2.32. The molecule has 5 heteroatoms. The van der Waals surface area contributed by atoms with E-state index < -0.39 is 12.2 Å². The molecule has 134 valence electrons. The number of benzene rings is 2. The summed E-state index contributed by atoms with van der Waals surface area (Å²) in [5, 5.41) is 29.4. The second-order valence-corrected chi connectivity index (χ2v) is 5.72. The minimum absolute atomic E-state index is 0.00624. The number of hydrogen-bond donors (Lipinski definition) is 3. The fraction of sp³-hybridized carbons (Fsp3) is 0.300. The average molecular weight is 344 g/mol. The molecule has 0 bridgehead atoms. The summed E-state index contributed by atoms with van der Waals surface area (Å²) in [5.41, 5.74) is 1.90. The van der Waals surface area contributed by atoms with Gasteiger partial charge in [-0.05, 0) is 49.2 Å². The van der Waals surface area contributed by atoms with E-state index >= 15 is 0 Å². The fourth-order valence-corrected chi connectivity index (χ4v) is 2.53. The molecule has 3 N–H and O–H groups in total. The summed E-state index contributed by atoms with van der Waals surface area (Å²) in [7, 11) is 1.57. The van der Waals surface area contributed by atoms with Crippen molar-refractivity contribution in [2.24, 2.45) is 0 Å². The maximum atomic E-state index is 10.5. The zero-order chi connectivity index (χ0) is 18.4. The Morgan fingerprint density at radius 2 is 1.88 bits per heavy atom. The molecule has 0 spiro atoms. The second kappa shape index (κ2) is 8.55. The van der Waals surface area contributed by atoms with Crippen LogP contribution in [0, 0.1) is 0 Å². The predicted octanol–water partition coefficient (Wildman–Crippen LogP) is 3.43. The molecule has 2 aromatic rings. The van der Waals surface area contributed by atoms with Crippen LogP contribution in [0.15, 0.2) is 42.5 Å². The van der Waals surface area contributed by atoms with Gasteiger partial charge in [0, 0.05) is 5.56 Å². The van der Waals surface area contributed by atoms with Gasteiger partial charge in [0.25, 0.3) is 0 Å². The van der Waals surface area contributed by atoms with Crippen LogP contribution in [0.5, 0.6) is 17.2 Å². The van der Waals surface area contributed by atoms with Crippen molar-refractivity contribution in [2.75, 3.05) is 7.11 Å². The molecule has 0 fully saturated rings. The van der Waals surface area contributed by atoms with Gasteiger partial charge in [-0.3, -0.25) is 0 Å². The van der Waals surface area contributed by atoms with Gasteiger partial charge in [0.15, 0.2) is 11.5 Å². The van der Waals surface area contributed by atoms with Gasteiger partial charge in [-0.1, -0.05) is 24.3 Å². The third kappa shape index (κ3) is 4.53. The average Bonchev–Trinajstić information content (AvgIpc) is 2.62. The van der Waals surface area contributed by atoms with Crippen LogP contribution in [0.4, 0.5) is 0 Å². The first-order chi connectivity index (χ1) is 12.0. The Balaban J connectivity index is 2.19. The third-order valence-corrected chi connectivity index (χ3v) is 3.92. The number of ether oxygens (including phenoxy) is 2. The lowest BCUT2D eigenvalue weighted by atomic mass is 10.0. The highest BCUT2D eigenvalue weighted by molar-refractivity contribution is 5.55. The van der Waals surface area contributed by atoms with E-state index in [2.05, 4.69) is 0 Å². The molecule has 25 heavy (non-hydrogen) atoms. The van der Waals surface area contributed by atoms with Crippen LogP contribution in [-0.2, 0) is 6.61 Å². The fourth-order valence-electron chi connectivity index (χ4n) is 2.53. The summed E-state index contributed by atoms with van der Waals surface area (Å²) in [5.74, 6) is 1.10. The van der Waals surface area contributed by atoms with Gasteiger partial charge in [0.2, 0.25) is 0 Å². The summed E-state index contributed by atoms with van der Waals surface area (Å²) in [6.07, 6.45) is 2.41. The molecule has 0 radical (unpaired) electrons. The number of allylic oxidation sites excluding steroid dienone is 1. The number of aliphatic hydroxyl groups is 2. The molecule has 0 saturated carbocycles. The number of methoxy groups -OCH3 is 1. The monoisotopic (exact) mass is 344 g/mol. The van der Waals surface area contributed by atoms with Crippen LogP contribution >= 0.6 is 0 Å². The SMILES string of the molecule is C/C=C/c1ccc(OC(C)C(O)c2ccc(O)c(CO)c2)c(OC)c1. The summed E-state index contributed by atoms with van der Waals surface area (Å²) < 4.78 is 11.2. The lowest BCUT2D eigenvalue weighted by Gasteiger charge is -2.22. The molecule has 2 atom stereocenters. The molecule has 2 unspecified atom stereocenters. The molecule has 0 amide bonds. The normalized spacial score (nSPS) is 13.6. The van der Waals surface area contributed by atoms with Crippen molar-refractivity contribution >= 4 is 6.08 Å². The first-order valence-electron chi connectivity index (χ1n) is 8.08. The number of aromatic hydroxyl groups is 1. The van der Waals surface area contributed by atoms with Crippen molar-refractivity contribution in [1.82, 2.24) is 0 Å². The molecule has 2 rings (SSSR count). The van der Waals surface area contributed by atoms with Crippen molar-refractivity contribution < 1.29 is 24.8 Å². The van der Waals surface area contributed by atoms with Crippen LogP contribution in [0.25, 0.3) is 6.08 Å². The molecule has 0 aromatic heterocycles. The quantitative estimate of drug-likeness (QED) is 0.717. The maximum Gasteiger partial charge on any atom is 0.161 e. The minimum atomic E-state index is -0.925. The van der Waals surface area contributed by atoms with E-state index in [1.54, 1.807) is 32.2 Å². The molecule has 0 saturated heterocycles. The number of rotatable bonds is 7. The zero-order valence-corrected chi connectivity index (χ0v) is 14.6. The van der Waals surface area contributed by atoms with Gasteiger partial charge in [-0.15, -0.1) is 0 Å². The van der Waals surface area contributed by atoms with E-state index in [9.17, 15) is 15.3 Å². The Morgan fingerprint density at radius 1 is 1.12 bits per heavy atom. The number of aliphatic hydroxyl groups excluding tert-OH is 2. The van der Waals surface area contributed by atoms with Crippen molar-refractivity contribution in [2.45, 2.75) is 32.7 Å². The zero-order valence-electron chi connectivity index (χ0n) is 14.6. The van der Waals surface area contributed by atoms with Gasteiger partial charge < -0.3 is 24.8 Å². The third-order valence-electron chi connectivity index (χ3n) is 3.92. The van der Waals surface area contributed by atoms with E-state index in [1.807, 2.05) is 31.2 Å². The standard InChI is InChI=1S/C20H24O5/c1-4-5-14-6-9-18(19(10-14)24-3)25-13(2)20(23)15-7-8-17(22)16(11-15)12-21/h4-11,13,20-23H,12H2,1-3H3/b5-4+. The molecule has 0 aliphatic heterocycles. The molecular formula is C20H24O5. The lowest BCUT2D eigenvalue weighted by Crippen LogP contribution is -2.22. The molecular weight excluding hydrogens is 320 g/mol. The Bertz CT molecular complexity index is 739. The Kier molecular flexibility index (Phi) is 6.44. The van der Waals surface area contributed by atoms with Gasteiger partial charge in [-0.2, -0.15) is 0 Å². The predicted molar refractivity (Wildman–Crippen MR) is 96.8 cm³/mol. The van der Waals surface area contributed by atoms with Crippen LogP contribution in [0.2, 0.25) is 0 Å². The first kappa shape index (κ1) is 18.8. The highest BCUT2D eigenvalue weighted by Gasteiger charge is 2.20. The Labute approximate surface area is 147 Å². The largest absolute Gasteiger partial charge is 0.508 e. The topological polar surface area (TPSA) is 79.2 Å². The van der Waals surface area contributed by atoms with Crippen molar-refractivity contribution in [3.63, 3.8) is 0 Å². The van der Waals surface area contributed by atoms with Gasteiger partial charge in [-0.25, -0.2) is 0 Å². The van der Waals surface area contributed by atoms with E-state index in [1.165, 1.54) is 6.07 Å². The van der Waals surface area contributed by atoms with Crippen LogP contribution < -0.4 is 9.47 Å². The molecule has 0 heterocycles. The van der Waals surface area contributed by atoms with Crippen molar-refractivity contribution in [3.05, 3.63) is 59.2 Å². The molecule has 5 nitrogen and oxygen atoms in total. The highest BCUT2D eigenvalue weighted by atomic mass is 16.5. The van der Waals surface area contributed by atoms with E-state index in [-0.39, 0.29) is 12.4 Å². The summed E-state index contributed by atoms with van der Waals surface area (Å²) in [6, 6.07) is 10.2. The minimum Gasteiger partial charge on any atom is -0.508 e. The molecule has 2 aromatic carbocycles. The first-order valence-corrected chi connectivity index (χ1v) is 8.08. The van der Waals surface area contributed by atoms with Crippen LogP contribution in [0.1, 0.15) is 36.6 Å². The van der Waals surface area contributed by atoms with Gasteiger partial charge in [0.1, 0.15) is 18.0 Å². The smallest absolute Gasteiger partial charge is 0.161 e.